The molecule has 3 rings (SSSR count). The van der Waals surface area contributed by atoms with Gasteiger partial charge in [-0.25, -0.2) is 0 Å². The summed E-state index contributed by atoms with van der Waals surface area (Å²) in [5, 5.41) is 0.500. The monoisotopic (exact) mass is 168 g/mol. The molecule has 0 aromatic rings. The van der Waals surface area contributed by atoms with E-state index in [2.05, 4.69) is 12.2 Å². The average molecular weight is 169 g/mol. The van der Waals surface area contributed by atoms with Gasteiger partial charge < -0.3 is 0 Å². The molecule has 0 amide bonds. The van der Waals surface area contributed by atoms with Gasteiger partial charge in [-0.3, -0.25) is 0 Å². The summed E-state index contributed by atoms with van der Waals surface area (Å²) in [6, 6.07) is 0. The fourth-order valence-corrected chi connectivity index (χ4v) is 3.95. The van der Waals surface area contributed by atoms with Gasteiger partial charge in [-0.05, 0) is 42.9 Å². The van der Waals surface area contributed by atoms with Crippen molar-refractivity contribution in [1.82, 2.24) is 0 Å². The van der Waals surface area contributed by atoms with Crippen molar-refractivity contribution in [2.24, 2.45) is 23.7 Å². The number of rotatable bonds is 0. The summed E-state index contributed by atoms with van der Waals surface area (Å²) in [6.45, 7) is 0. The molecule has 3 aliphatic carbocycles. The Labute approximate surface area is 72.6 Å². The summed E-state index contributed by atoms with van der Waals surface area (Å²) in [4.78, 5) is 0. The SMILES string of the molecule is Cl[C@@H]1CC[C@@H]2[C@H]1[C@@H]1C=C[C@H]2C1. The summed E-state index contributed by atoms with van der Waals surface area (Å²) in [7, 11) is 0. The van der Waals surface area contributed by atoms with E-state index in [1.54, 1.807) is 0 Å². The minimum absolute atomic E-state index is 0.500. The fourth-order valence-electron chi connectivity index (χ4n) is 3.45. The lowest BCUT2D eigenvalue weighted by atomic mass is 9.86. The van der Waals surface area contributed by atoms with Crippen LogP contribution in [0.3, 0.4) is 0 Å². The van der Waals surface area contributed by atoms with Gasteiger partial charge in [0.15, 0.2) is 0 Å². The van der Waals surface area contributed by atoms with Crippen LogP contribution in [-0.2, 0) is 0 Å². The lowest BCUT2D eigenvalue weighted by molar-refractivity contribution is 0.367. The highest BCUT2D eigenvalue weighted by Crippen LogP contribution is 2.56. The number of halogens is 1. The zero-order chi connectivity index (χ0) is 7.42. The Morgan fingerprint density at radius 3 is 2.73 bits per heavy atom. The van der Waals surface area contributed by atoms with Gasteiger partial charge >= 0.3 is 0 Å². The van der Waals surface area contributed by atoms with Gasteiger partial charge in [0, 0.05) is 5.38 Å². The second kappa shape index (κ2) is 2.04. The molecule has 0 aliphatic heterocycles. The molecule has 11 heavy (non-hydrogen) atoms. The van der Waals surface area contributed by atoms with Crippen molar-refractivity contribution in [1.29, 1.82) is 0 Å². The van der Waals surface area contributed by atoms with Gasteiger partial charge in [-0.1, -0.05) is 12.2 Å². The van der Waals surface area contributed by atoms with Gasteiger partial charge in [0.25, 0.3) is 0 Å². The molecule has 0 spiro atoms. The molecule has 60 valence electrons. The third-order valence-corrected chi connectivity index (χ3v) is 4.39. The maximum atomic E-state index is 6.27. The van der Waals surface area contributed by atoms with Crippen LogP contribution in [-0.4, -0.2) is 5.38 Å². The Morgan fingerprint density at radius 2 is 1.91 bits per heavy atom. The molecular formula is C10H13Cl. The highest BCUT2D eigenvalue weighted by atomic mass is 35.5. The molecule has 0 aromatic heterocycles. The molecule has 0 N–H and O–H groups in total. The highest BCUT2D eigenvalue weighted by Gasteiger charge is 2.50. The number of fused-ring (bicyclic) bond motifs is 5. The quantitative estimate of drug-likeness (QED) is 0.386. The Balaban J connectivity index is 1.97. The summed E-state index contributed by atoms with van der Waals surface area (Å²) in [5.74, 6) is 3.59. The highest BCUT2D eigenvalue weighted by molar-refractivity contribution is 6.21. The zero-order valence-corrected chi connectivity index (χ0v) is 7.30. The van der Waals surface area contributed by atoms with E-state index in [1.165, 1.54) is 19.3 Å². The van der Waals surface area contributed by atoms with E-state index < -0.39 is 0 Å². The van der Waals surface area contributed by atoms with Crippen molar-refractivity contribution in [2.45, 2.75) is 24.6 Å². The average Bonchev–Trinajstić information content (AvgIpc) is 2.60. The number of hydrogen-bond acceptors (Lipinski definition) is 0. The molecule has 2 bridgehead atoms. The van der Waals surface area contributed by atoms with Gasteiger partial charge in [-0.2, -0.15) is 0 Å². The minimum atomic E-state index is 0.500. The molecule has 0 unspecified atom stereocenters. The van der Waals surface area contributed by atoms with Crippen molar-refractivity contribution < 1.29 is 0 Å². The van der Waals surface area contributed by atoms with Gasteiger partial charge in [-0.15, -0.1) is 11.6 Å². The predicted molar refractivity (Wildman–Crippen MR) is 46.6 cm³/mol. The maximum Gasteiger partial charge on any atom is 0.0372 e. The van der Waals surface area contributed by atoms with Crippen LogP contribution in [0.4, 0.5) is 0 Å². The minimum Gasteiger partial charge on any atom is -0.123 e. The van der Waals surface area contributed by atoms with Crippen LogP contribution in [0.15, 0.2) is 12.2 Å². The topological polar surface area (TPSA) is 0 Å². The molecule has 0 heterocycles. The van der Waals surface area contributed by atoms with Crippen LogP contribution in [0.2, 0.25) is 0 Å². The maximum absolute atomic E-state index is 6.27. The van der Waals surface area contributed by atoms with Crippen molar-refractivity contribution in [3.8, 4) is 0 Å². The van der Waals surface area contributed by atoms with E-state index in [9.17, 15) is 0 Å². The summed E-state index contributed by atoms with van der Waals surface area (Å²) in [5.41, 5.74) is 0. The van der Waals surface area contributed by atoms with Crippen molar-refractivity contribution >= 4 is 11.6 Å². The first-order valence-electron chi connectivity index (χ1n) is 4.68. The van der Waals surface area contributed by atoms with Gasteiger partial charge in [0.1, 0.15) is 0 Å². The summed E-state index contributed by atoms with van der Waals surface area (Å²) < 4.78 is 0. The van der Waals surface area contributed by atoms with Crippen LogP contribution in [0.1, 0.15) is 19.3 Å². The zero-order valence-electron chi connectivity index (χ0n) is 6.54. The molecule has 0 saturated heterocycles. The van der Waals surface area contributed by atoms with E-state index in [-0.39, 0.29) is 0 Å². The van der Waals surface area contributed by atoms with Gasteiger partial charge in [0.05, 0.1) is 0 Å². The van der Waals surface area contributed by atoms with E-state index in [0.29, 0.717) is 5.38 Å². The number of alkyl halides is 1. The Kier molecular flexibility index (Phi) is 1.21. The molecule has 0 radical (unpaired) electrons. The Morgan fingerprint density at radius 1 is 1.09 bits per heavy atom. The molecule has 3 aliphatic rings. The van der Waals surface area contributed by atoms with E-state index >= 15 is 0 Å². The van der Waals surface area contributed by atoms with Crippen LogP contribution in [0.25, 0.3) is 0 Å². The lowest BCUT2D eigenvalue weighted by Gasteiger charge is -2.21. The van der Waals surface area contributed by atoms with Crippen LogP contribution < -0.4 is 0 Å². The second-order valence-corrected chi connectivity index (χ2v) is 4.84. The predicted octanol–water partition coefficient (Wildman–Crippen LogP) is 2.83. The molecule has 5 atom stereocenters. The first-order valence-corrected chi connectivity index (χ1v) is 5.12. The molecule has 0 nitrogen and oxygen atoms in total. The summed E-state index contributed by atoms with van der Waals surface area (Å²) in [6.07, 6.45) is 8.92. The smallest absolute Gasteiger partial charge is 0.0372 e. The number of hydrogen-bond donors (Lipinski definition) is 0. The Hall–Kier alpha value is 0.0300. The molecule has 2 saturated carbocycles. The molecule has 1 heteroatoms. The first-order chi connectivity index (χ1) is 5.36. The standard InChI is InChI=1S/C10H13Cl/c11-9-4-3-8-6-1-2-7(5-6)10(8)9/h1-2,6-10H,3-5H2/t6-,7+,8-,9+,10+/m0/s1. The van der Waals surface area contributed by atoms with Crippen LogP contribution in [0, 0.1) is 23.7 Å². The normalized spacial score (nSPS) is 58.8. The second-order valence-electron chi connectivity index (χ2n) is 4.28. The van der Waals surface area contributed by atoms with Crippen LogP contribution >= 0.6 is 11.6 Å². The van der Waals surface area contributed by atoms with Crippen molar-refractivity contribution in [3.05, 3.63) is 12.2 Å². The van der Waals surface area contributed by atoms with E-state index in [1.807, 2.05) is 0 Å². The third-order valence-electron chi connectivity index (χ3n) is 3.88. The fraction of sp³-hybridized carbons (Fsp3) is 0.800. The van der Waals surface area contributed by atoms with Gasteiger partial charge in [0.2, 0.25) is 0 Å². The molecule has 0 aromatic carbocycles. The summed E-state index contributed by atoms with van der Waals surface area (Å²) >= 11 is 6.27. The first kappa shape index (κ1) is 6.54. The third kappa shape index (κ3) is 0.717. The number of allylic oxidation sites excluding steroid dienone is 2. The molecular weight excluding hydrogens is 156 g/mol. The molecule has 2 fully saturated rings. The lowest BCUT2D eigenvalue weighted by Crippen LogP contribution is -2.19. The van der Waals surface area contributed by atoms with E-state index in [4.69, 9.17) is 11.6 Å². The van der Waals surface area contributed by atoms with Crippen molar-refractivity contribution in [3.63, 3.8) is 0 Å². The Bertz CT molecular complexity index is 209. The van der Waals surface area contributed by atoms with Crippen LogP contribution in [0.5, 0.6) is 0 Å². The largest absolute Gasteiger partial charge is 0.123 e. The van der Waals surface area contributed by atoms with Crippen molar-refractivity contribution in [2.75, 3.05) is 0 Å². The van der Waals surface area contributed by atoms with E-state index in [0.717, 1.165) is 23.7 Å².